The fourth-order valence-electron chi connectivity index (χ4n) is 3.50. The summed E-state index contributed by atoms with van der Waals surface area (Å²) < 4.78 is 5.51. The number of ether oxygens (including phenoxy) is 1. The third-order valence-electron chi connectivity index (χ3n) is 4.63. The SMILES string of the molecule is COc1ccccc1C1=C(CC(=O)O)C(C)(C)c2ccccc21. The van der Waals surface area contributed by atoms with E-state index in [-0.39, 0.29) is 11.8 Å². The molecule has 0 saturated heterocycles. The standard InChI is InChI=1S/C20H20O3/c1-20(2)15-10-6-4-8-13(15)19(16(20)12-18(21)22)14-9-5-7-11-17(14)23-3/h4-11H,12H2,1-3H3,(H,21,22). The third kappa shape index (κ3) is 2.42. The van der Waals surface area contributed by atoms with E-state index in [2.05, 4.69) is 26.0 Å². The van der Waals surface area contributed by atoms with Crippen LogP contribution in [-0.2, 0) is 10.2 Å². The van der Waals surface area contributed by atoms with Gasteiger partial charge in [0.15, 0.2) is 0 Å². The number of hydrogen-bond acceptors (Lipinski definition) is 2. The van der Waals surface area contributed by atoms with Gasteiger partial charge in [0.05, 0.1) is 13.5 Å². The Kier molecular flexibility index (Phi) is 3.72. The summed E-state index contributed by atoms with van der Waals surface area (Å²) in [7, 11) is 1.64. The van der Waals surface area contributed by atoms with Crippen molar-refractivity contribution in [1.29, 1.82) is 0 Å². The van der Waals surface area contributed by atoms with Gasteiger partial charge < -0.3 is 9.84 Å². The van der Waals surface area contributed by atoms with Crippen LogP contribution >= 0.6 is 0 Å². The van der Waals surface area contributed by atoms with Crippen molar-refractivity contribution in [1.82, 2.24) is 0 Å². The molecule has 1 N–H and O–H groups in total. The van der Waals surface area contributed by atoms with Gasteiger partial charge in [-0.15, -0.1) is 0 Å². The van der Waals surface area contributed by atoms with Gasteiger partial charge in [-0.3, -0.25) is 4.79 Å². The summed E-state index contributed by atoms with van der Waals surface area (Å²) in [5.74, 6) is -0.0498. The summed E-state index contributed by atoms with van der Waals surface area (Å²) in [6.07, 6.45) is 0.0229. The van der Waals surface area contributed by atoms with Gasteiger partial charge in [-0.1, -0.05) is 56.3 Å². The van der Waals surface area contributed by atoms with Crippen molar-refractivity contribution in [2.45, 2.75) is 25.7 Å². The van der Waals surface area contributed by atoms with Crippen LogP contribution in [0.5, 0.6) is 5.75 Å². The lowest BCUT2D eigenvalue weighted by molar-refractivity contribution is -0.136. The number of para-hydroxylation sites is 1. The van der Waals surface area contributed by atoms with Gasteiger partial charge in [-0.2, -0.15) is 0 Å². The summed E-state index contributed by atoms with van der Waals surface area (Å²) in [5, 5.41) is 9.41. The van der Waals surface area contributed by atoms with Gasteiger partial charge in [-0.25, -0.2) is 0 Å². The number of benzene rings is 2. The van der Waals surface area contributed by atoms with E-state index in [9.17, 15) is 9.90 Å². The molecule has 0 spiro atoms. The van der Waals surface area contributed by atoms with Crippen LogP contribution in [0.15, 0.2) is 54.1 Å². The number of aliphatic carboxylic acids is 1. The second-order valence-corrected chi connectivity index (χ2v) is 6.29. The van der Waals surface area contributed by atoms with Crippen molar-refractivity contribution >= 4 is 11.5 Å². The minimum absolute atomic E-state index is 0.0229. The van der Waals surface area contributed by atoms with Crippen molar-refractivity contribution in [2.24, 2.45) is 0 Å². The van der Waals surface area contributed by atoms with Crippen LogP contribution < -0.4 is 4.74 Å². The highest BCUT2D eigenvalue weighted by molar-refractivity contribution is 5.94. The highest BCUT2D eigenvalue weighted by Crippen LogP contribution is 2.51. The predicted molar refractivity (Wildman–Crippen MR) is 90.7 cm³/mol. The van der Waals surface area contributed by atoms with Gasteiger partial charge in [0.2, 0.25) is 0 Å². The molecule has 1 aliphatic carbocycles. The normalized spacial score (nSPS) is 15.4. The molecule has 0 unspecified atom stereocenters. The van der Waals surface area contributed by atoms with Crippen LogP contribution in [-0.4, -0.2) is 18.2 Å². The molecular weight excluding hydrogens is 288 g/mol. The zero-order valence-corrected chi connectivity index (χ0v) is 13.6. The molecule has 3 rings (SSSR count). The van der Waals surface area contributed by atoms with Crippen molar-refractivity contribution < 1.29 is 14.6 Å². The van der Waals surface area contributed by atoms with E-state index in [1.54, 1.807) is 7.11 Å². The molecule has 3 heteroatoms. The maximum atomic E-state index is 11.5. The Bertz CT molecular complexity index is 800. The molecule has 118 valence electrons. The number of carboxylic acids is 1. The van der Waals surface area contributed by atoms with Crippen molar-refractivity contribution in [2.75, 3.05) is 7.11 Å². The van der Waals surface area contributed by atoms with Crippen LogP contribution in [0.2, 0.25) is 0 Å². The number of hydrogen-bond donors (Lipinski definition) is 1. The molecule has 0 aromatic heterocycles. The first kappa shape index (κ1) is 15.3. The quantitative estimate of drug-likeness (QED) is 0.918. The minimum Gasteiger partial charge on any atom is -0.496 e. The average Bonchev–Trinajstić information content (AvgIpc) is 2.75. The molecule has 0 atom stereocenters. The van der Waals surface area contributed by atoms with E-state index in [4.69, 9.17) is 4.74 Å². The molecule has 0 aliphatic heterocycles. The third-order valence-corrected chi connectivity index (χ3v) is 4.63. The van der Waals surface area contributed by atoms with Crippen molar-refractivity contribution in [3.8, 4) is 5.75 Å². The van der Waals surface area contributed by atoms with E-state index in [1.807, 2.05) is 36.4 Å². The first-order chi connectivity index (χ1) is 11.0. The van der Waals surface area contributed by atoms with E-state index >= 15 is 0 Å². The summed E-state index contributed by atoms with van der Waals surface area (Å²) in [6.45, 7) is 4.18. The molecule has 2 aromatic carbocycles. The maximum Gasteiger partial charge on any atom is 0.307 e. The van der Waals surface area contributed by atoms with Crippen LogP contribution in [0.1, 0.15) is 37.0 Å². The molecule has 0 bridgehead atoms. The molecule has 3 nitrogen and oxygen atoms in total. The lowest BCUT2D eigenvalue weighted by Gasteiger charge is -2.24. The van der Waals surface area contributed by atoms with Gasteiger partial charge in [-0.05, 0) is 28.3 Å². The Balaban J connectivity index is 2.33. The van der Waals surface area contributed by atoms with Crippen LogP contribution in [0, 0.1) is 0 Å². The second-order valence-electron chi connectivity index (χ2n) is 6.29. The van der Waals surface area contributed by atoms with Crippen LogP contribution in [0.4, 0.5) is 0 Å². The predicted octanol–water partition coefficient (Wildman–Crippen LogP) is 4.26. The van der Waals surface area contributed by atoms with E-state index in [0.29, 0.717) is 0 Å². The molecule has 0 radical (unpaired) electrons. The average molecular weight is 308 g/mol. The Labute approximate surface area is 136 Å². The molecule has 0 saturated carbocycles. The van der Waals surface area contributed by atoms with Crippen molar-refractivity contribution in [3.63, 3.8) is 0 Å². The Morgan fingerprint density at radius 1 is 1.04 bits per heavy atom. The summed E-state index contributed by atoms with van der Waals surface area (Å²) in [5.41, 5.74) is 4.81. The lowest BCUT2D eigenvalue weighted by atomic mass is 9.79. The fourth-order valence-corrected chi connectivity index (χ4v) is 3.50. The number of rotatable bonds is 4. The van der Waals surface area contributed by atoms with E-state index in [1.165, 1.54) is 0 Å². The molecular formula is C20H20O3. The number of methoxy groups -OCH3 is 1. The van der Waals surface area contributed by atoms with E-state index < -0.39 is 5.97 Å². The summed E-state index contributed by atoms with van der Waals surface area (Å²) in [6, 6.07) is 15.9. The summed E-state index contributed by atoms with van der Waals surface area (Å²) in [4.78, 5) is 11.5. The number of fused-ring (bicyclic) bond motifs is 1. The van der Waals surface area contributed by atoms with Gasteiger partial charge in [0, 0.05) is 11.0 Å². The highest BCUT2D eigenvalue weighted by Gasteiger charge is 2.39. The Hall–Kier alpha value is -2.55. The molecule has 0 amide bonds. The second kappa shape index (κ2) is 5.58. The molecule has 0 fully saturated rings. The largest absolute Gasteiger partial charge is 0.496 e. The zero-order chi connectivity index (χ0) is 16.6. The van der Waals surface area contributed by atoms with Crippen molar-refractivity contribution in [3.05, 3.63) is 70.8 Å². The smallest absolute Gasteiger partial charge is 0.307 e. The topological polar surface area (TPSA) is 46.5 Å². The van der Waals surface area contributed by atoms with Crippen LogP contribution in [0.25, 0.3) is 5.57 Å². The number of carbonyl (C=O) groups is 1. The van der Waals surface area contributed by atoms with Gasteiger partial charge in [0.1, 0.15) is 5.75 Å². The summed E-state index contributed by atoms with van der Waals surface area (Å²) >= 11 is 0. The fraction of sp³-hybridized carbons (Fsp3) is 0.250. The number of carboxylic acid groups (broad SMARTS) is 1. The monoisotopic (exact) mass is 308 g/mol. The first-order valence-electron chi connectivity index (χ1n) is 7.65. The van der Waals surface area contributed by atoms with Gasteiger partial charge >= 0.3 is 5.97 Å². The Morgan fingerprint density at radius 3 is 2.30 bits per heavy atom. The van der Waals surface area contributed by atoms with Gasteiger partial charge in [0.25, 0.3) is 0 Å². The van der Waals surface area contributed by atoms with E-state index in [0.717, 1.165) is 33.6 Å². The first-order valence-corrected chi connectivity index (χ1v) is 7.65. The maximum absolute atomic E-state index is 11.5. The Morgan fingerprint density at radius 2 is 1.65 bits per heavy atom. The zero-order valence-electron chi connectivity index (χ0n) is 13.6. The molecule has 23 heavy (non-hydrogen) atoms. The van der Waals surface area contributed by atoms with Crippen LogP contribution in [0.3, 0.4) is 0 Å². The molecule has 0 heterocycles. The lowest BCUT2D eigenvalue weighted by Crippen LogP contribution is -2.19. The highest BCUT2D eigenvalue weighted by atomic mass is 16.5. The minimum atomic E-state index is -0.812. The molecule has 2 aromatic rings. The molecule has 1 aliphatic rings.